The summed E-state index contributed by atoms with van der Waals surface area (Å²) in [5.74, 6) is 0.211. The molecule has 1 fully saturated rings. The topological polar surface area (TPSA) is 54.6 Å². The van der Waals surface area contributed by atoms with Crippen LogP contribution in [0.5, 0.6) is 0 Å². The first kappa shape index (κ1) is 23.6. The molecule has 0 radical (unpaired) electrons. The Hall–Kier alpha value is -3.77. The van der Waals surface area contributed by atoms with Crippen molar-refractivity contribution in [2.75, 3.05) is 55.4 Å². The first-order chi connectivity index (χ1) is 18.1. The lowest BCUT2D eigenvalue weighted by Crippen LogP contribution is -2.58. The van der Waals surface area contributed by atoms with Gasteiger partial charge in [-0.25, -0.2) is 0 Å². The number of aromatic amines is 1. The average molecular weight is 494 g/mol. The van der Waals surface area contributed by atoms with Crippen molar-refractivity contribution in [3.8, 4) is 0 Å². The summed E-state index contributed by atoms with van der Waals surface area (Å²) in [6.07, 6.45) is 3.95. The molecular formula is C31H35N5O. The summed E-state index contributed by atoms with van der Waals surface area (Å²) in [4.78, 5) is 24.4. The number of rotatable bonds is 6. The molecule has 0 bridgehead atoms. The molecule has 190 valence electrons. The van der Waals surface area contributed by atoms with E-state index in [4.69, 9.17) is 0 Å². The molecule has 2 aliphatic rings. The summed E-state index contributed by atoms with van der Waals surface area (Å²) in [5.41, 5.74) is 6.83. The highest BCUT2D eigenvalue weighted by molar-refractivity contribution is 6.01. The number of anilines is 3. The van der Waals surface area contributed by atoms with Crippen LogP contribution >= 0.6 is 0 Å². The Morgan fingerprint density at radius 2 is 1.70 bits per heavy atom. The van der Waals surface area contributed by atoms with E-state index in [2.05, 4.69) is 73.5 Å². The zero-order chi connectivity index (χ0) is 25.4. The number of hydrogen-bond donors (Lipinski definition) is 2. The van der Waals surface area contributed by atoms with Gasteiger partial charge in [-0.3, -0.25) is 9.69 Å². The summed E-state index contributed by atoms with van der Waals surface area (Å²) in [6, 6.07) is 25.1. The number of piperazine rings is 1. The summed E-state index contributed by atoms with van der Waals surface area (Å²) < 4.78 is 0. The number of carbonyl (C=O) groups is 1. The van der Waals surface area contributed by atoms with Gasteiger partial charge in [-0.15, -0.1) is 0 Å². The molecule has 6 rings (SSSR count). The number of hydrogen-bond acceptors (Lipinski definition) is 5. The molecule has 2 unspecified atom stereocenters. The number of benzene rings is 3. The van der Waals surface area contributed by atoms with Gasteiger partial charge in [0.25, 0.3) is 0 Å². The van der Waals surface area contributed by atoms with E-state index in [0.717, 1.165) is 56.0 Å². The predicted molar refractivity (Wildman–Crippen MR) is 153 cm³/mol. The Balaban J connectivity index is 1.26. The van der Waals surface area contributed by atoms with Crippen LogP contribution in [0.4, 0.5) is 17.1 Å². The zero-order valence-corrected chi connectivity index (χ0v) is 21.7. The lowest BCUT2D eigenvalue weighted by molar-refractivity contribution is 0.0771. The molecule has 3 aromatic carbocycles. The van der Waals surface area contributed by atoms with Gasteiger partial charge in [0.2, 0.25) is 0 Å². The highest BCUT2D eigenvalue weighted by atomic mass is 16.1. The van der Waals surface area contributed by atoms with Crippen molar-refractivity contribution in [3.05, 3.63) is 90.1 Å². The van der Waals surface area contributed by atoms with Gasteiger partial charge < -0.3 is 20.1 Å². The highest BCUT2D eigenvalue weighted by Crippen LogP contribution is 2.31. The third kappa shape index (κ3) is 4.58. The zero-order valence-electron chi connectivity index (χ0n) is 21.7. The molecule has 6 nitrogen and oxygen atoms in total. The first-order valence-electron chi connectivity index (χ1n) is 13.3. The fourth-order valence-corrected chi connectivity index (χ4v) is 5.98. The fourth-order valence-electron chi connectivity index (χ4n) is 5.98. The van der Waals surface area contributed by atoms with Crippen LogP contribution in [0.2, 0.25) is 0 Å². The lowest BCUT2D eigenvalue weighted by atomic mass is 9.88. The van der Waals surface area contributed by atoms with E-state index in [0.29, 0.717) is 0 Å². The molecule has 0 amide bonds. The van der Waals surface area contributed by atoms with E-state index in [1.165, 1.54) is 22.2 Å². The number of nitrogens with zero attached hydrogens (tertiary/aromatic N) is 3. The molecule has 0 aliphatic carbocycles. The SMILES string of the molecule is CN(C)c1ccc(C(=O)C(C2CCc3ccccc3N2)N2CCN(c3cccc4[nH]ccc34)CC2)cc1. The Kier molecular flexibility index (Phi) is 6.35. The quantitative estimate of drug-likeness (QED) is 0.369. The van der Waals surface area contributed by atoms with Crippen LogP contribution in [0, 0.1) is 0 Å². The number of ketones is 1. The van der Waals surface area contributed by atoms with Gasteiger partial charge in [0.05, 0.1) is 6.04 Å². The number of aromatic nitrogens is 1. The standard InChI is InChI=1S/C31H35N5O/c1-34(2)24-13-10-23(11-14-24)31(37)30(28-15-12-22-6-3-4-7-26(22)33-28)36-20-18-35(19-21-36)29-9-5-8-27-25(29)16-17-32-27/h3-11,13-14,16-17,28,30,32-33H,12,15,18-21H2,1-2H3. The van der Waals surface area contributed by atoms with Gasteiger partial charge in [0.15, 0.2) is 5.78 Å². The second-order valence-corrected chi connectivity index (χ2v) is 10.4. The van der Waals surface area contributed by atoms with Gasteiger partial charge in [-0.1, -0.05) is 24.3 Å². The maximum Gasteiger partial charge on any atom is 0.182 e. The Labute approximate surface area is 218 Å². The van der Waals surface area contributed by atoms with Crippen LogP contribution in [0.1, 0.15) is 22.3 Å². The van der Waals surface area contributed by atoms with Gasteiger partial charge in [-0.2, -0.15) is 0 Å². The van der Waals surface area contributed by atoms with E-state index in [9.17, 15) is 4.79 Å². The first-order valence-corrected chi connectivity index (χ1v) is 13.3. The van der Waals surface area contributed by atoms with Crippen molar-refractivity contribution < 1.29 is 4.79 Å². The molecule has 1 aromatic heterocycles. The van der Waals surface area contributed by atoms with Crippen molar-refractivity contribution in [1.29, 1.82) is 0 Å². The Morgan fingerprint density at radius 3 is 2.49 bits per heavy atom. The number of H-pyrrole nitrogens is 1. The molecule has 0 spiro atoms. The van der Waals surface area contributed by atoms with E-state index in [1.807, 2.05) is 44.6 Å². The fraction of sp³-hybridized carbons (Fsp3) is 0.323. The summed E-state index contributed by atoms with van der Waals surface area (Å²) >= 11 is 0. The Morgan fingerprint density at radius 1 is 0.919 bits per heavy atom. The van der Waals surface area contributed by atoms with Crippen LogP contribution in [0.3, 0.4) is 0 Å². The van der Waals surface area contributed by atoms with E-state index in [-0.39, 0.29) is 17.9 Å². The molecule has 1 saturated heterocycles. The maximum absolute atomic E-state index is 14.1. The minimum Gasteiger partial charge on any atom is -0.380 e. The third-order valence-corrected chi connectivity index (χ3v) is 8.02. The second-order valence-electron chi connectivity index (χ2n) is 10.4. The van der Waals surface area contributed by atoms with Crippen LogP contribution < -0.4 is 15.1 Å². The number of carbonyl (C=O) groups excluding carboxylic acids is 1. The van der Waals surface area contributed by atoms with Gasteiger partial charge in [0, 0.05) is 86.0 Å². The van der Waals surface area contributed by atoms with E-state index >= 15 is 0 Å². The van der Waals surface area contributed by atoms with Crippen molar-refractivity contribution in [1.82, 2.24) is 9.88 Å². The van der Waals surface area contributed by atoms with Crippen molar-refractivity contribution >= 4 is 33.7 Å². The van der Waals surface area contributed by atoms with Crippen molar-refractivity contribution in [3.63, 3.8) is 0 Å². The van der Waals surface area contributed by atoms with Crippen LogP contribution in [-0.4, -0.2) is 68.0 Å². The highest BCUT2D eigenvalue weighted by Gasteiger charge is 2.37. The normalized spacial score (nSPS) is 18.8. The van der Waals surface area contributed by atoms with Gasteiger partial charge in [-0.05, 0) is 66.9 Å². The minimum absolute atomic E-state index is 0.0792. The number of aryl methyl sites for hydroxylation is 1. The predicted octanol–water partition coefficient (Wildman–Crippen LogP) is 5.03. The molecule has 0 saturated carbocycles. The average Bonchev–Trinajstić information content (AvgIpc) is 3.43. The van der Waals surface area contributed by atoms with E-state index in [1.54, 1.807) is 0 Å². The summed E-state index contributed by atoms with van der Waals surface area (Å²) in [7, 11) is 4.05. The van der Waals surface area contributed by atoms with Crippen LogP contribution in [0.25, 0.3) is 10.9 Å². The Bertz CT molecular complexity index is 1380. The third-order valence-electron chi connectivity index (χ3n) is 8.02. The number of Topliss-reactive ketones (excluding diaryl/α,β-unsaturated/α-hetero) is 1. The lowest BCUT2D eigenvalue weighted by Gasteiger charge is -2.44. The maximum atomic E-state index is 14.1. The molecule has 3 heterocycles. The molecule has 2 aliphatic heterocycles. The second kappa shape index (κ2) is 9.94. The molecule has 6 heteroatoms. The van der Waals surface area contributed by atoms with E-state index < -0.39 is 0 Å². The monoisotopic (exact) mass is 493 g/mol. The number of para-hydroxylation sites is 1. The van der Waals surface area contributed by atoms with Crippen molar-refractivity contribution in [2.45, 2.75) is 24.9 Å². The van der Waals surface area contributed by atoms with Gasteiger partial charge >= 0.3 is 0 Å². The van der Waals surface area contributed by atoms with Crippen LogP contribution in [0.15, 0.2) is 79.0 Å². The molecule has 37 heavy (non-hydrogen) atoms. The van der Waals surface area contributed by atoms with Crippen molar-refractivity contribution in [2.24, 2.45) is 0 Å². The van der Waals surface area contributed by atoms with Gasteiger partial charge in [0.1, 0.15) is 0 Å². The smallest absolute Gasteiger partial charge is 0.182 e. The molecule has 4 aromatic rings. The largest absolute Gasteiger partial charge is 0.380 e. The number of nitrogens with one attached hydrogen (secondary N) is 2. The van der Waals surface area contributed by atoms with Crippen LogP contribution in [-0.2, 0) is 6.42 Å². The minimum atomic E-state index is -0.205. The molecule has 2 atom stereocenters. The molecular weight excluding hydrogens is 458 g/mol. The number of fused-ring (bicyclic) bond motifs is 2. The summed E-state index contributed by atoms with van der Waals surface area (Å²) in [6.45, 7) is 3.51. The summed E-state index contributed by atoms with van der Waals surface area (Å²) in [5, 5.41) is 5.01. The molecule has 2 N–H and O–H groups in total.